The molecule has 3 heterocycles. The predicted octanol–water partition coefficient (Wildman–Crippen LogP) is 2.93. The van der Waals surface area contributed by atoms with E-state index in [1.165, 1.54) is 0 Å². The first-order valence-corrected chi connectivity index (χ1v) is 10.9. The second-order valence-corrected chi connectivity index (χ2v) is 7.92. The third-order valence-corrected chi connectivity index (χ3v) is 5.73. The van der Waals surface area contributed by atoms with E-state index in [1.54, 1.807) is 47.9 Å². The van der Waals surface area contributed by atoms with Gasteiger partial charge in [0.05, 0.1) is 6.20 Å². The van der Waals surface area contributed by atoms with Crippen molar-refractivity contribution in [3.8, 4) is 0 Å². The van der Waals surface area contributed by atoms with Crippen LogP contribution in [0.2, 0.25) is 0 Å². The van der Waals surface area contributed by atoms with E-state index < -0.39 is 0 Å². The average Bonchev–Trinajstić information content (AvgIpc) is 2.88. The number of piperidine rings is 1. The highest BCUT2D eigenvalue weighted by Gasteiger charge is 2.26. The molecule has 1 aliphatic heterocycles. The normalized spacial score (nSPS) is 13.9. The van der Waals surface area contributed by atoms with Crippen LogP contribution in [0.5, 0.6) is 0 Å². The molecule has 2 N–H and O–H groups in total. The van der Waals surface area contributed by atoms with Crippen LogP contribution in [0.15, 0.2) is 67.3 Å². The van der Waals surface area contributed by atoms with E-state index >= 15 is 0 Å². The van der Waals surface area contributed by atoms with Crippen LogP contribution in [0.1, 0.15) is 28.9 Å². The van der Waals surface area contributed by atoms with Crippen LogP contribution in [-0.2, 0) is 6.54 Å². The van der Waals surface area contributed by atoms with Gasteiger partial charge in [0, 0.05) is 57.0 Å². The van der Waals surface area contributed by atoms with Crippen molar-refractivity contribution in [1.82, 2.24) is 25.2 Å². The Hall–Kier alpha value is -4.01. The summed E-state index contributed by atoms with van der Waals surface area (Å²) in [5.74, 6) is 0.599. The number of anilines is 2. The topological polar surface area (TPSA) is 103 Å². The second-order valence-electron chi connectivity index (χ2n) is 7.92. The molecule has 2 aromatic heterocycles. The first-order chi connectivity index (χ1) is 16.1. The number of hydrogen-bond donors (Lipinski definition) is 2. The van der Waals surface area contributed by atoms with E-state index in [9.17, 15) is 9.59 Å². The minimum Gasteiger partial charge on any atom is -0.355 e. The van der Waals surface area contributed by atoms with Gasteiger partial charge in [0.25, 0.3) is 5.91 Å². The van der Waals surface area contributed by atoms with Crippen LogP contribution in [0.4, 0.5) is 16.3 Å². The van der Waals surface area contributed by atoms with Crippen LogP contribution in [0.25, 0.3) is 0 Å². The lowest BCUT2D eigenvalue weighted by Gasteiger charge is -2.37. The molecule has 0 aliphatic carbocycles. The molecule has 9 heteroatoms. The van der Waals surface area contributed by atoms with Crippen molar-refractivity contribution < 1.29 is 9.59 Å². The summed E-state index contributed by atoms with van der Waals surface area (Å²) < 4.78 is 0. The summed E-state index contributed by atoms with van der Waals surface area (Å²) in [6, 6.07) is 12.7. The van der Waals surface area contributed by atoms with E-state index in [4.69, 9.17) is 0 Å². The van der Waals surface area contributed by atoms with Crippen LogP contribution in [0, 0.1) is 0 Å². The Morgan fingerprint density at radius 2 is 1.91 bits per heavy atom. The molecule has 0 spiro atoms. The molecule has 1 fully saturated rings. The maximum Gasteiger partial charge on any atom is 0.317 e. The number of hydrogen-bond acceptors (Lipinski definition) is 6. The van der Waals surface area contributed by atoms with Gasteiger partial charge in [0.15, 0.2) is 0 Å². The smallest absolute Gasteiger partial charge is 0.317 e. The zero-order valence-electron chi connectivity index (χ0n) is 18.5. The molecule has 3 amide bonds. The summed E-state index contributed by atoms with van der Waals surface area (Å²) in [6.45, 7) is 2.03. The predicted molar refractivity (Wildman–Crippen MR) is 126 cm³/mol. The van der Waals surface area contributed by atoms with E-state index in [0.717, 1.165) is 37.3 Å². The zero-order chi connectivity index (χ0) is 23.0. The number of nitrogens with one attached hydrogen (secondary N) is 2. The first kappa shape index (κ1) is 22.2. The number of benzene rings is 1. The van der Waals surface area contributed by atoms with Crippen molar-refractivity contribution in [3.63, 3.8) is 0 Å². The number of rotatable bonds is 6. The molecule has 1 aromatic carbocycles. The summed E-state index contributed by atoms with van der Waals surface area (Å²) in [4.78, 5) is 41.5. The van der Waals surface area contributed by atoms with Gasteiger partial charge in [0.1, 0.15) is 11.5 Å². The average molecular weight is 446 g/mol. The summed E-state index contributed by atoms with van der Waals surface area (Å²) in [7, 11) is 1.83. The maximum atomic E-state index is 12.7. The lowest BCUT2D eigenvalue weighted by atomic mass is 10.0. The Morgan fingerprint density at radius 3 is 2.64 bits per heavy atom. The van der Waals surface area contributed by atoms with Crippen LogP contribution in [0.3, 0.4) is 0 Å². The van der Waals surface area contributed by atoms with Gasteiger partial charge in [0.2, 0.25) is 0 Å². The lowest BCUT2D eigenvalue weighted by molar-refractivity contribution is 0.102. The summed E-state index contributed by atoms with van der Waals surface area (Å²) in [5.41, 5.74) is 1.90. The van der Waals surface area contributed by atoms with Gasteiger partial charge in [-0.2, -0.15) is 0 Å². The highest BCUT2D eigenvalue weighted by molar-refractivity contribution is 6.02. The molecule has 1 aliphatic rings. The van der Waals surface area contributed by atoms with Crippen molar-refractivity contribution in [2.24, 2.45) is 0 Å². The van der Waals surface area contributed by atoms with Crippen LogP contribution < -0.4 is 15.5 Å². The molecule has 1 saturated heterocycles. The third-order valence-electron chi connectivity index (χ3n) is 5.73. The van der Waals surface area contributed by atoms with E-state index in [1.807, 2.05) is 31.3 Å². The lowest BCUT2D eigenvalue weighted by Crippen LogP contribution is -2.48. The summed E-state index contributed by atoms with van der Waals surface area (Å²) in [5, 5.41) is 5.82. The molecule has 170 valence electrons. The SMILES string of the molecule is CN(C(=O)NCc1cccc(NC(=O)c2ccccn2)c1)C1CCN(c2cnccn2)CC1. The van der Waals surface area contributed by atoms with E-state index in [-0.39, 0.29) is 18.0 Å². The van der Waals surface area contributed by atoms with Gasteiger partial charge in [-0.25, -0.2) is 9.78 Å². The number of pyridine rings is 1. The number of nitrogens with zero attached hydrogens (tertiary/aromatic N) is 5. The molecular weight excluding hydrogens is 418 g/mol. The van der Waals surface area contributed by atoms with Gasteiger partial charge in [-0.1, -0.05) is 18.2 Å². The number of amides is 3. The van der Waals surface area contributed by atoms with Gasteiger partial charge in [-0.3, -0.25) is 14.8 Å². The molecule has 0 unspecified atom stereocenters. The van der Waals surface area contributed by atoms with Gasteiger partial charge in [-0.05, 0) is 42.7 Å². The van der Waals surface area contributed by atoms with Crippen LogP contribution in [-0.4, -0.2) is 58.0 Å². The summed E-state index contributed by atoms with van der Waals surface area (Å²) >= 11 is 0. The fourth-order valence-corrected chi connectivity index (χ4v) is 3.86. The van der Waals surface area contributed by atoms with Crippen molar-refractivity contribution in [3.05, 3.63) is 78.5 Å². The largest absolute Gasteiger partial charge is 0.355 e. The first-order valence-electron chi connectivity index (χ1n) is 10.9. The van der Waals surface area contributed by atoms with Crippen LogP contribution >= 0.6 is 0 Å². The summed E-state index contributed by atoms with van der Waals surface area (Å²) in [6.07, 6.45) is 8.45. The highest BCUT2D eigenvalue weighted by atomic mass is 16.2. The third kappa shape index (κ3) is 5.82. The number of carbonyl (C=O) groups is 2. The molecule has 4 rings (SSSR count). The monoisotopic (exact) mass is 445 g/mol. The molecule has 0 bridgehead atoms. The zero-order valence-corrected chi connectivity index (χ0v) is 18.5. The van der Waals surface area contributed by atoms with Gasteiger partial charge < -0.3 is 20.4 Å². The van der Waals surface area contributed by atoms with Crippen molar-refractivity contribution in [1.29, 1.82) is 0 Å². The van der Waals surface area contributed by atoms with Crippen molar-refractivity contribution in [2.45, 2.75) is 25.4 Å². The molecule has 0 saturated carbocycles. The Morgan fingerprint density at radius 1 is 1.06 bits per heavy atom. The Labute approximate surface area is 192 Å². The Balaban J connectivity index is 1.26. The van der Waals surface area contributed by atoms with E-state index in [2.05, 4.69) is 30.5 Å². The Bertz CT molecular complexity index is 1070. The number of aromatic nitrogens is 3. The number of carbonyl (C=O) groups excluding carboxylic acids is 2. The number of urea groups is 1. The fraction of sp³-hybridized carbons (Fsp3) is 0.292. The molecule has 9 nitrogen and oxygen atoms in total. The quantitative estimate of drug-likeness (QED) is 0.605. The second kappa shape index (κ2) is 10.5. The van der Waals surface area contributed by atoms with Gasteiger partial charge in [-0.15, -0.1) is 0 Å². The minimum absolute atomic E-state index is 0.115. The molecule has 33 heavy (non-hydrogen) atoms. The Kier molecular flexibility index (Phi) is 7.09. The van der Waals surface area contributed by atoms with E-state index in [0.29, 0.717) is 17.9 Å². The fourth-order valence-electron chi connectivity index (χ4n) is 3.86. The standard InChI is InChI=1S/C24H27N7O2/c1-30(20-8-13-31(14-9-20)22-17-25-11-12-27-22)24(33)28-16-18-5-4-6-19(15-18)29-23(32)21-7-2-3-10-26-21/h2-7,10-12,15,17,20H,8-9,13-14,16H2,1H3,(H,28,33)(H,29,32). The molecule has 3 aromatic rings. The maximum absolute atomic E-state index is 12.7. The molecule has 0 atom stereocenters. The van der Waals surface area contributed by atoms with Crippen molar-refractivity contribution >= 4 is 23.4 Å². The molecular formula is C24H27N7O2. The minimum atomic E-state index is -0.274. The van der Waals surface area contributed by atoms with Gasteiger partial charge >= 0.3 is 6.03 Å². The van der Waals surface area contributed by atoms with Crippen molar-refractivity contribution in [2.75, 3.05) is 30.4 Å². The molecule has 0 radical (unpaired) electrons. The highest BCUT2D eigenvalue weighted by Crippen LogP contribution is 2.20.